The summed E-state index contributed by atoms with van der Waals surface area (Å²) in [6.07, 6.45) is 2.19. The summed E-state index contributed by atoms with van der Waals surface area (Å²) in [7, 11) is 0. The third-order valence-corrected chi connectivity index (χ3v) is 4.18. The predicted molar refractivity (Wildman–Crippen MR) is 72.6 cm³/mol. The van der Waals surface area contributed by atoms with Gasteiger partial charge in [-0.2, -0.15) is 0 Å². The minimum atomic E-state index is -0.831. The van der Waals surface area contributed by atoms with Crippen molar-refractivity contribution in [2.45, 2.75) is 31.7 Å². The van der Waals surface area contributed by atoms with Gasteiger partial charge in [0, 0.05) is 18.7 Å². The fourth-order valence-corrected chi connectivity index (χ4v) is 2.81. The van der Waals surface area contributed by atoms with E-state index < -0.39 is 5.54 Å². The number of amides is 2. The Labute approximate surface area is 117 Å². The molecule has 4 nitrogen and oxygen atoms in total. The van der Waals surface area contributed by atoms with Gasteiger partial charge in [-0.15, -0.1) is 0 Å². The lowest BCUT2D eigenvalue weighted by Crippen LogP contribution is -2.56. The molecular weight excluding hydrogens is 259 g/mol. The van der Waals surface area contributed by atoms with Gasteiger partial charge >= 0.3 is 0 Å². The zero-order chi connectivity index (χ0) is 14.3. The molecule has 1 heterocycles. The average Bonchev–Trinajstić information content (AvgIpc) is 3.24. The minimum absolute atomic E-state index is 0.0996. The molecule has 1 aromatic carbocycles. The van der Waals surface area contributed by atoms with Crippen LogP contribution in [0.4, 0.5) is 10.1 Å². The van der Waals surface area contributed by atoms with Crippen LogP contribution in [0.15, 0.2) is 24.3 Å². The molecule has 3 rings (SSSR count). The summed E-state index contributed by atoms with van der Waals surface area (Å²) in [5.41, 5.74) is -0.193. The highest BCUT2D eigenvalue weighted by Gasteiger charge is 2.51. The molecule has 0 radical (unpaired) electrons. The second-order valence-electron chi connectivity index (χ2n) is 5.71. The maximum Gasteiger partial charge on any atom is 0.252 e. The smallest absolute Gasteiger partial charge is 0.252 e. The van der Waals surface area contributed by atoms with Crippen LogP contribution in [0.25, 0.3) is 0 Å². The van der Waals surface area contributed by atoms with Gasteiger partial charge in [0.1, 0.15) is 11.4 Å². The summed E-state index contributed by atoms with van der Waals surface area (Å²) < 4.78 is 13.0. The highest BCUT2D eigenvalue weighted by molar-refractivity contribution is 6.04. The van der Waals surface area contributed by atoms with Crippen LogP contribution in [0.5, 0.6) is 0 Å². The highest BCUT2D eigenvalue weighted by atomic mass is 19.1. The molecule has 20 heavy (non-hydrogen) atoms. The molecule has 5 heteroatoms. The molecule has 1 saturated heterocycles. The van der Waals surface area contributed by atoms with Crippen molar-refractivity contribution < 1.29 is 14.0 Å². The van der Waals surface area contributed by atoms with Crippen LogP contribution >= 0.6 is 0 Å². The Kier molecular flexibility index (Phi) is 3.00. The summed E-state index contributed by atoms with van der Waals surface area (Å²) in [4.78, 5) is 26.2. The number of rotatable bonds is 2. The molecule has 1 aliphatic heterocycles. The molecule has 0 aromatic heterocycles. The SMILES string of the molecule is CC1(C2CC2)NC(=O)CCN(c2ccc(F)cc2)C1=O. The number of halogens is 1. The van der Waals surface area contributed by atoms with E-state index in [0.717, 1.165) is 12.8 Å². The summed E-state index contributed by atoms with van der Waals surface area (Å²) in [6, 6.07) is 5.82. The number of nitrogens with zero attached hydrogens (tertiary/aromatic N) is 1. The standard InChI is InChI=1S/C15H17FN2O2/c1-15(10-2-3-10)14(20)18(9-8-13(19)17-15)12-6-4-11(16)5-7-12/h4-7,10H,2-3,8-9H2,1H3,(H,17,19). The normalized spacial score (nSPS) is 27.2. The van der Waals surface area contributed by atoms with Gasteiger partial charge in [-0.1, -0.05) is 0 Å². The number of carbonyl (C=O) groups is 2. The van der Waals surface area contributed by atoms with Gasteiger partial charge in [-0.3, -0.25) is 9.59 Å². The van der Waals surface area contributed by atoms with Crippen LogP contribution in [-0.2, 0) is 9.59 Å². The molecule has 1 unspecified atom stereocenters. The van der Waals surface area contributed by atoms with Gasteiger partial charge in [0.05, 0.1) is 0 Å². The summed E-state index contributed by atoms with van der Waals surface area (Å²) in [5.74, 6) is -0.329. The first kappa shape index (κ1) is 13.1. The Balaban J connectivity index is 1.95. The quantitative estimate of drug-likeness (QED) is 0.896. The topological polar surface area (TPSA) is 49.4 Å². The van der Waals surface area contributed by atoms with Gasteiger partial charge in [0.2, 0.25) is 5.91 Å². The second-order valence-corrected chi connectivity index (χ2v) is 5.71. The first-order chi connectivity index (χ1) is 9.50. The highest BCUT2D eigenvalue weighted by Crippen LogP contribution is 2.41. The van der Waals surface area contributed by atoms with Gasteiger partial charge in [0.25, 0.3) is 5.91 Å². The molecule has 1 aliphatic carbocycles. The molecule has 0 spiro atoms. The van der Waals surface area contributed by atoms with Crippen LogP contribution in [0, 0.1) is 11.7 Å². The van der Waals surface area contributed by atoms with Crippen molar-refractivity contribution in [3.8, 4) is 0 Å². The van der Waals surface area contributed by atoms with Gasteiger partial charge in [-0.05, 0) is 49.9 Å². The zero-order valence-corrected chi connectivity index (χ0v) is 11.4. The molecule has 106 valence electrons. The first-order valence-electron chi connectivity index (χ1n) is 6.89. The Morgan fingerprint density at radius 1 is 1.25 bits per heavy atom. The van der Waals surface area contributed by atoms with Gasteiger partial charge < -0.3 is 10.2 Å². The van der Waals surface area contributed by atoms with Crippen molar-refractivity contribution in [3.63, 3.8) is 0 Å². The van der Waals surface area contributed by atoms with E-state index in [0.29, 0.717) is 12.2 Å². The van der Waals surface area contributed by atoms with Crippen molar-refractivity contribution in [1.82, 2.24) is 5.32 Å². The lowest BCUT2D eigenvalue weighted by atomic mass is 9.94. The Morgan fingerprint density at radius 3 is 2.50 bits per heavy atom. The summed E-state index contributed by atoms with van der Waals surface area (Å²) in [5, 5.41) is 2.87. The molecule has 1 atom stereocenters. The molecule has 1 N–H and O–H groups in total. The number of nitrogens with one attached hydrogen (secondary N) is 1. The molecule has 2 fully saturated rings. The van der Waals surface area contributed by atoms with Crippen LogP contribution in [0.2, 0.25) is 0 Å². The Hall–Kier alpha value is -1.91. The van der Waals surface area contributed by atoms with Crippen LogP contribution in [0.1, 0.15) is 26.2 Å². The molecule has 1 saturated carbocycles. The van der Waals surface area contributed by atoms with Crippen molar-refractivity contribution in [2.24, 2.45) is 5.92 Å². The van der Waals surface area contributed by atoms with Crippen LogP contribution in [-0.4, -0.2) is 23.9 Å². The van der Waals surface area contributed by atoms with E-state index in [4.69, 9.17) is 0 Å². The van der Waals surface area contributed by atoms with Gasteiger partial charge in [-0.25, -0.2) is 4.39 Å². The van der Waals surface area contributed by atoms with Crippen LogP contribution < -0.4 is 10.2 Å². The van der Waals surface area contributed by atoms with Crippen molar-refractivity contribution in [2.75, 3.05) is 11.4 Å². The lowest BCUT2D eigenvalue weighted by molar-refractivity contribution is -0.130. The number of anilines is 1. The fourth-order valence-electron chi connectivity index (χ4n) is 2.81. The first-order valence-corrected chi connectivity index (χ1v) is 6.89. The molecule has 2 amide bonds. The zero-order valence-electron chi connectivity index (χ0n) is 11.4. The third kappa shape index (κ3) is 2.17. The summed E-state index contributed by atoms with van der Waals surface area (Å²) >= 11 is 0. The number of hydrogen-bond acceptors (Lipinski definition) is 2. The van der Waals surface area contributed by atoms with E-state index in [1.807, 2.05) is 0 Å². The second kappa shape index (κ2) is 4.58. The molecule has 2 aliphatic rings. The van der Waals surface area contributed by atoms with Crippen molar-refractivity contribution in [1.29, 1.82) is 0 Å². The molecule has 1 aromatic rings. The molecule has 0 bridgehead atoms. The predicted octanol–water partition coefficient (Wildman–Crippen LogP) is 1.85. The van der Waals surface area contributed by atoms with Crippen LogP contribution in [0.3, 0.4) is 0 Å². The Bertz CT molecular complexity index is 553. The minimum Gasteiger partial charge on any atom is -0.342 e. The Morgan fingerprint density at radius 2 is 1.90 bits per heavy atom. The van der Waals surface area contributed by atoms with E-state index in [2.05, 4.69) is 5.32 Å². The number of hydrogen-bond donors (Lipinski definition) is 1. The third-order valence-electron chi connectivity index (χ3n) is 4.18. The van der Waals surface area contributed by atoms with Crippen molar-refractivity contribution >= 4 is 17.5 Å². The van der Waals surface area contributed by atoms with E-state index in [9.17, 15) is 14.0 Å². The maximum atomic E-state index is 13.0. The summed E-state index contributed by atoms with van der Waals surface area (Å²) in [6.45, 7) is 2.13. The monoisotopic (exact) mass is 276 g/mol. The lowest BCUT2D eigenvalue weighted by Gasteiger charge is -2.32. The largest absolute Gasteiger partial charge is 0.342 e. The van der Waals surface area contributed by atoms with E-state index >= 15 is 0 Å². The number of benzene rings is 1. The van der Waals surface area contributed by atoms with Gasteiger partial charge in [0.15, 0.2) is 0 Å². The van der Waals surface area contributed by atoms with E-state index in [1.165, 1.54) is 12.1 Å². The maximum absolute atomic E-state index is 13.0. The van der Waals surface area contributed by atoms with E-state index in [-0.39, 0.29) is 30.0 Å². The number of carbonyl (C=O) groups excluding carboxylic acids is 2. The fraction of sp³-hybridized carbons (Fsp3) is 0.467. The molecular formula is C15H17FN2O2. The average molecular weight is 276 g/mol. The van der Waals surface area contributed by atoms with E-state index in [1.54, 1.807) is 24.0 Å². The van der Waals surface area contributed by atoms with Crippen molar-refractivity contribution in [3.05, 3.63) is 30.1 Å².